The van der Waals surface area contributed by atoms with Crippen molar-refractivity contribution in [2.75, 3.05) is 44.3 Å². The van der Waals surface area contributed by atoms with E-state index in [1.165, 1.54) is 12.1 Å². The van der Waals surface area contributed by atoms with Gasteiger partial charge in [0.25, 0.3) is 5.91 Å². The lowest BCUT2D eigenvalue weighted by Crippen LogP contribution is -2.44. The van der Waals surface area contributed by atoms with E-state index in [-0.39, 0.29) is 17.7 Å². The zero-order valence-electron chi connectivity index (χ0n) is 21.3. The summed E-state index contributed by atoms with van der Waals surface area (Å²) in [5.41, 5.74) is 7.76. The summed E-state index contributed by atoms with van der Waals surface area (Å²) in [6.45, 7) is 3.18. The van der Waals surface area contributed by atoms with Gasteiger partial charge in [0.05, 0.1) is 16.5 Å². The molecule has 0 saturated carbocycles. The molecule has 1 aliphatic rings. The summed E-state index contributed by atoms with van der Waals surface area (Å²) in [6, 6.07) is 16.1. The number of benzene rings is 3. The predicted molar refractivity (Wildman–Crippen MR) is 145 cm³/mol. The maximum atomic E-state index is 13.9. The molecule has 5 rings (SSSR count). The summed E-state index contributed by atoms with van der Waals surface area (Å²) in [6.07, 6.45) is -4.57. The number of amides is 1. The molecule has 200 valence electrons. The third-order valence-electron chi connectivity index (χ3n) is 6.75. The van der Waals surface area contributed by atoms with Gasteiger partial charge >= 0.3 is 6.18 Å². The molecule has 7 nitrogen and oxygen atoms in total. The molecule has 0 unspecified atom stereocenters. The van der Waals surface area contributed by atoms with E-state index in [4.69, 9.17) is 5.73 Å². The molecular weight excluding hydrogens is 505 g/mol. The number of rotatable bonds is 4. The summed E-state index contributed by atoms with van der Waals surface area (Å²) in [5, 5.41) is 10.3. The van der Waals surface area contributed by atoms with Crippen molar-refractivity contribution in [2.24, 2.45) is 0 Å². The second-order valence-corrected chi connectivity index (χ2v) is 9.57. The standard InChI is InChI=1S/C29H27F3N6O/c1-37-12-14-38(15-13-37)18-22-11-10-21(17-24(22)29(30,31)32)28(39)34-23-6-2-4-19(16-23)8-9-20-5-3-7-25-26(20)27(33)36-35-25/h2-7,10-11,16-17H,12-15,18H2,1H3,(H,34,39)(H3,33,35,36). The van der Waals surface area contributed by atoms with Crippen molar-refractivity contribution in [2.45, 2.75) is 12.7 Å². The van der Waals surface area contributed by atoms with Crippen LogP contribution in [0.5, 0.6) is 0 Å². The summed E-state index contributed by atoms with van der Waals surface area (Å²) >= 11 is 0. The first-order valence-electron chi connectivity index (χ1n) is 12.4. The number of hydrogen-bond donors (Lipinski definition) is 3. The first-order valence-corrected chi connectivity index (χ1v) is 12.4. The Balaban J connectivity index is 1.34. The van der Waals surface area contributed by atoms with Gasteiger partial charge < -0.3 is 16.0 Å². The number of nitrogens with zero attached hydrogens (tertiary/aromatic N) is 3. The van der Waals surface area contributed by atoms with Crippen LogP contribution in [0.2, 0.25) is 0 Å². The second-order valence-electron chi connectivity index (χ2n) is 9.57. The number of H-pyrrole nitrogens is 1. The second kappa shape index (κ2) is 10.8. The van der Waals surface area contributed by atoms with Crippen molar-refractivity contribution >= 4 is 28.3 Å². The topological polar surface area (TPSA) is 90.3 Å². The van der Waals surface area contributed by atoms with Crippen LogP contribution in [0.15, 0.2) is 60.7 Å². The largest absolute Gasteiger partial charge is 0.416 e. The molecule has 2 heterocycles. The third-order valence-corrected chi connectivity index (χ3v) is 6.75. The van der Waals surface area contributed by atoms with Crippen LogP contribution in [0, 0.1) is 11.8 Å². The zero-order chi connectivity index (χ0) is 27.6. The third kappa shape index (κ3) is 6.06. The highest BCUT2D eigenvalue weighted by atomic mass is 19.4. The molecule has 0 spiro atoms. The first kappa shape index (κ1) is 26.3. The lowest BCUT2D eigenvalue weighted by atomic mass is 10.0. The number of halogens is 3. The maximum Gasteiger partial charge on any atom is 0.416 e. The smallest absolute Gasteiger partial charge is 0.382 e. The van der Waals surface area contributed by atoms with Gasteiger partial charge in [0, 0.05) is 55.1 Å². The molecule has 1 aliphatic heterocycles. The number of nitrogen functional groups attached to an aromatic ring is 1. The minimum atomic E-state index is -4.57. The minimum absolute atomic E-state index is 0.0666. The van der Waals surface area contributed by atoms with Gasteiger partial charge in [-0.2, -0.15) is 18.3 Å². The van der Waals surface area contributed by atoms with E-state index in [1.54, 1.807) is 24.3 Å². The number of nitrogens with two attached hydrogens (primary N) is 1. The van der Waals surface area contributed by atoms with E-state index in [1.807, 2.05) is 30.1 Å². The van der Waals surface area contributed by atoms with Crippen LogP contribution in [0.4, 0.5) is 24.7 Å². The fourth-order valence-electron chi connectivity index (χ4n) is 4.59. The van der Waals surface area contributed by atoms with Crippen molar-refractivity contribution in [1.29, 1.82) is 0 Å². The molecule has 4 aromatic rings. The molecule has 1 aromatic heterocycles. The zero-order valence-corrected chi connectivity index (χ0v) is 21.3. The Morgan fingerprint density at radius 3 is 2.59 bits per heavy atom. The summed E-state index contributed by atoms with van der Waals surface area (Å²) < 4.78 is 41.8. The van der Waals surface area contributed by atoms with Crippen molar-refractivity contribution in [3.8, 4) is 11.8 Å². The van der Waals surface area contributed by atoms with E-state index in [0.29, 0.717) is 35.7 Å². The molecule has 39 heavy (non-hydrogen) atoms. The van der Waals surface area contributed by atoms with Crippen LogP contribution >= 0.6 is 0 Å². The number of piperazine rings is 1. The van der Waals surface area contributed by atoms with Crippen LogP contribution < -0.4 is 11.1 Å². The van der Waals surface area contributed by atoms with E-state index in [9.17, 15) is 18.0 Å². The highest BCUT2D eigenvalue weighted by molar-refractivity contribution is 6.04. The molecule has 1 saturated heterocycles. The highest BCUT2D eigenvalue weighted by Crippen LogP contribution is 2.34. The van der Waals surface area contributed by atoms with Gasteiger partial charge in [-0.15, -0.1) is 0 Å². The lowest BCUT2D eigenvalue weighted by molar-refractivity contribution is -0.138. The Morgan fingerprint density at radius 2 is 1.82 bits per heavy atom. The number of likely N-dealkylation sites (N-methyl/N-ethyl adjacent to an activating group) is 1. The number of nitrogens with one attached hydrogen (secondary N) is 2. The van der Waals surface area contributed by atoms with Crippen molar-refractivity contribution in [3.63, 3.8) is 0 Å². The number of alkyl halides is 3. The minimum Gasteiger partial charge on any atom is -0.382 e. The number of anilines is 2. The van der Waals surface area contributed by atoms with Gasteiger partial charge in [0.1, 0.15) is 0 Å². The molecule has 1 fully saturated rings. The Bertz CT molecular complexity index is 1580. The molecular formula is C29H27F3N6O. The Kier molecular flexibility index (Phi) is 7.28. The van der Waals surface area contributed by atoms with Crippen molar-refractivity contribution < 1.29 is 18.0 Å². The average molecular weight is 533 g/mol. The van der Waals surface area contributed by atoms with E-state index in [2.05, 4.69) is 32.3 Å². The van der Waals surface area contributed by atoms with E-state index >= 15 is 0 Å². The quantitative estimate of drug-likeness (QED) is 0.335. The van der Waals surface area contributed by atoms with Gasteiger partial charge in [-0.3, -0.25) is 14.8 Å². The lowest BCUT2D eigenvalue weighted by Gasteiger charge is -2.33. The van der Waals surface area contributed by atoms with Crippen LogP contribution in [0.25, 0.3) is 10.9 Å². The van der Waals surface area contributed by atoms with Crippen LogP contribution in [0.3, 0.4) is 0 Å². The number of carbonyl (C=O) groups excluding carboxylic acids is 1. The Hall–Kier alpha value is -4.33. The Morgan fingerprint density at radius 1 is 1.05 bits per heavy atom. The molecule has 4 N–H and O–H groups in total. The number of hydrogen-bond acceptors (Lipinski definition) is 5. The summed E-state index contributed by atoms with van der Waals surface area (Å²) in [7, 11) is 1.99. The van der Waals surface area contributed by atoms with Crippen LogP contribution in [-0.4, -0.2) is 59.1 Å². The Labute approximate surface area is 223 Å². The van der Waals surface area contributed by atoms with E-state index < -0.39 is 17.6 Å². The number of carbonyl (C=O) groups is 1. The summed E-state index contributed by atoms with van der Waals surface area (Å²) in [5.74, 6) is 5.84. The molecule has 0 radical (unpaired) electrons. The van der Waals surface area contributed by atoms with Gasteiger partial charge in [-0.25, -0.2) is 0 Å². The molecule has 0 atom stereocenters. The molecule has 1 amide bonds. The molecule has 0 bridgehead atoms. The highest BCUT2D eigenvalue weighted by Gasteiger charge is 2.34. The monoisotopic (exact) mass is 532 g/mol. The molecule has 0 aliphatic carbocycles. The van der Waals surface area contributed by atoms with Crippen LogP contribution in [0.1, 0.15) is 32.6 Å². The normalized spacial score (nSPS) is 14.7. The van der Waals surface area contributed by atoms with Crippen molar-refractivity contribution in [3.05, 3.63) is 88.5 Å². The predicted octanol–water partition coefficient (Wildman–Crippen LogP) is 4.56. The average Bonchev–Trinajstić information content (AvgIpc) is 3.30. The number of aromatic amines is 1. The maximum absolute atomic E-state index is 13.9. The van der Waals surface area contributed by atoms with E-state index in [0.717, 1.165) is 30.1 Å². The van der Waals surface area contributed by atoms with Crippen LogP contribution in [-0.2, 0) is 12.7 Å². The SMILES string of the molecule is CN1CCN(Cc2ccc(C(=O)Nc3cccc(C#Cc4cccc5[nH]nc(N)c45)c3)cc2C(F)(F)F)CC1. The fourth-order valence-corrected chi connectivity index (χ4v) is 4.59. The summed E-state index contributed by atoms with van der Waals surface area (Å²) in [4.78, 5) is 17.1. The molecule has 10 heteroatoms. The number of fused-ring (bicyclic) bond motifs is 1. The van der Waals surface area contributed by atoms with Gasteiger partial charge in [-0.1, -0.05) is 30.0 Å². The molecule has 3 aromatic carbocycles. The van der Waals surface area contributed by atoms with Crippen molar-refractivity contribution in [1.82, 2.24) is 20.0 Å². The van der Waals surface area contributed by atoms with Gasteiger partial charge in [-0.05, 0) is 55.1 Å². The first-order chi connectivity index (χ1) is 18.7. The fraction of sp³-hybridized carbons (Fsp3) is 0.241. The number of aromatic nitrogens is 2. The van der Waals surface area contributed by atoms with Gasteiger partial charge in [0.15, 0.2) is 5.82 Å². The van der Waals surface area contributed by atoms with Gasteiger partial charge in [0.2, 0.25) is 0 Å².